The number of carbonyl (C=O) groups excluding carboxylic acids is 1. The molecule has 0 aliphatic heterocycles. The topological polar surface area (TPSA) is 69.3 Å². The summed E-state index contributed by atoms with van der Waals surface area (Å²) in [7, 11) is 0. The highest BCUT2D eigenvalue weighted by molar-refractivity contribution is 5.91. The SMILES string of the molecule is Cc1nn(-c2ccccc2)cc1CCCNC(=O)c1ccc(COc2ccccc2)o1. The number of carbonyl (C=O) groups is 1. The number of nitrogens with zero attached hydrogens (tertiary/aromatic N) is 2. The number of rotatable bonds is 9. The van der Waals surface area contributed by atoms with Crippen molar-refractivity contribution < 1.29 is 13.9 Å². The van der Waals surface area contributed by atoms with Crippen LogP contribution in [0.3, 0.4) is 0 Å². The van der Waals surface area contributed by atoms with E-state index in [4.69, 9.17) is 9.15 Å². The molecule has 158 valence electrons. The van der Waals surface area contributed by atoms with Gasteiger partial charge >= 0.3 is 0 Å². The van der Waals surface area contributed by atoms with Crippen LogP contribution < -0.4 is 10.1 Å². The summed E-state index contributed by atoms with van der Waals surface area (Å²) < 4.78 is 13.1. The van der Waals surface area contributed by atoms with Gasteiger partial charge in [0.25, 0.3) is 5.91 Å². The third-order valence-corrected chi connectivity index (χ3v) is 4.94. The van der Waals surface area contributed by atoms with Gasteiger partial charge in [0.05, 0.1) is 11.4 Å². The van der Waals surface area contributed by atoms with Crippen LogP contribution in [0.2, 0.25) is 0 Å². The van der Waals surface area contributed by atoms with E-state index in [2.05, 4.69) is 16.6 Å². The summed E-state index contributed by atoms with van der Waals surface area (Å²) in [6.45, 7) is 2.85. The monoisotopic (exact) mass is 415 g/mol. The summed E-state index contributed by atoms with van der Waals surface area (Å²) >= 11 is 0. The molecule has 1 N–H and O–H groups in total. The molecule has 2 aromatic carbocycles. The van der Waals surface area contributed by atoms with Gasteiger partial charge in [-0.15, -0.1) is 0 Å². The fourth-order valence-electron chi connectivity index (χ4n) is 3.27. The maximum absolute atomic E-state index is 12.3. The first kappa shape index (κ1) is 20.5. The highest BCUT2D eigenvalue weighted by Gasteiger charge is 2.12. The lowest BCUT2D eigenvalue weighted by Gasteiger charge is -2.04. The zero-order valence-electron chi connectivity index (χ0n) is 17.5. The maximum atomic E-state index is 12.3. The standard InChI is InChI=1S/C25H25N3O3/c1-19-20(17-28(27-19)21-10-4-2-5-11-21)9-8-16-26-25(29)24-15-14-23(31-24)18-30-22-12-6-3-7-13-22/h2-7,10-15,17H,8-9,16,18H2,1H3,(H,26,29). The van der Waals surface area contributed by atoms with Crippen LogP contribution in [0, 0.1) is 6.92 Å². The molecule has 0 aliphatic rings. The van der Waals surface area contributed by atoms with Gasteiger partial charge in [-0.25, -0.2) is 4.68 Å². The average Bonchev–Trinajstić information content (AvgIpc) is 3.43. The van der Waals surface area contributed by atoms with Gasteiger partial charge in [-0.3, -0.25) is 4.79 Å². The Kier molecular flexibility index (Phi) is 6.47. The number of amides is 1. The zero-order chi connectivity index (χ0) is 21.5. The van der Waals surface area contributed by atoms with E-state index in [9.17, 15) is 4.79 Å². The highest BCUT2D eigenvalue weighted by atomic mass is 16.5. The van der Waals surface area contributed by atoms with Crippen molar-refractivity contribution in [3.05, 3.63) is 102 Å². The van der Waals surface area contributed by atoms with Crippen molar-refractivity contribution in [2.45, 2.75) is 26.4 Å². The summed E-state index contributed by atoms with van der Waals surface area (Å²) in [5.74, 6) is 1.44. The molecule has 0 saturated heterocycles. The van der Waals surface area contributed by atoms with E-state index in [1.807, 2.05) is 72.3 Å². The lowest BCUT2D eigenvalue weighted by molar-refractivity contribution is 0.0921. The lowest BCUT2D eigenvalue weighted by atomic mass is 10.1. The molecule has 4 aromatic rings. The van der Waals surface area contributed by atoms with Gasteiger partial charge in [0, 0.05) is 12.7 Å². The quantitative estimate of drug-likeness (QED) is 0.402. The van der Waals surface area contributed by atoms with Gasteiger partial charge in [0.2, 0.25) is 0 Å². The van der Waals surface area contributed by atoms with Gasteiger partial charge in [-0.2, -0.15) is 5.10 Å². The van der Waals surface area contributed by atoms with Gasteiger partial charge < -0.3 is 14.5 Å². The minimum Gasteiger partial charge on any atom is -0.486 e. The van der Waals surface area contributed by atoms with Gasteiger partial charge in [0.1, 0.15) is 18.1 Å². The highest BCUT2D eigenvalue weighted by Crippen LogP contribution is 2.15. The number of para-hydroxylation sites is 2. The zero-order valence-corrected chi connectivity index (χ0v) is 17.5. The smallest absolute Gasteiger partial charge is 0.286 e. The molecule has 2 heterocycles. The molecule has 0 radical (unpaired) electrons. The molecule has 0 fully saturated rings. The van der Waals surface area contributed by atoms with Crippen LogP contribution in [0.4, 0.5) is 0 Å². The number of aryl methyl sites for hydroxylation is 2. The third kappa shape index (κ3) is 5.42. The van der Waals surface area contributed by atoms with Crippen molar-refractivity contribution in [1.82, 2.24) is 15.1 Å². The maximum Gasteiger partial charge on any atom is 0.286 e. The fourth-order valence-corrected chi connectivity index (χ4v) is 3.27. The van der Waals surface area contributed by atoms with Crippen molar-refractivity contribution in [1.29, 1.82) is 0 Å². The summed E-state index contributed by atoms with van der Waals surface area (Å²) in [5, 5.41) is 7.50. The van der Waals surface area contributed by atoms with Gasteiger partial charge in [-0.1, -0.05) is 36.4 Å². The predicted molar refractivity (Wildman–Crippen MR) is 118 cm³/mol. The predicted octanol–water partition coefficient (Wildman–Crippen LogP) is 4.72. The Labute approximate surface area is 181 Å². The second-order valence-electron chi connectivity index (χ2n) is 7.25. The Bertz CT molecular complexity index is 1120. The van der Waals surface area contributed by atoms with Crippen molar-refractivity contribution in [3.63, 3.8) is 0 Å². The fraction of sp³-hybridized carbons (Fsp3) is 0.200. The molecule has 6 nitrogen and oxygen atoms in total. The first-order valence-electron chi connectivity index (χ1n) is 10.3. The molecule has 0 bridgehead atoms. The summed E-state index contributed by atoms with van der Waals surface area (Å²) in [4.78, 5) is 12.3. The molecular weight excluding hydrogens is 390 g/mol. The molecule has 0 atom stereocenters. The van der Waals surface area contributed by atoms with E-state index >= 15 is 0 Å². The molecule has 1 amide bonds. The van der Waals surface area contributed by atoms with E-state index in [1.165, 1.54) is 5.56 Å². The van der Waals surface area contributed by atoms with Crippen LogP contribution in [0.5, 0.6) is 5.75 Å². The Hall–Kier alpha value is -3.80. The first-order chi connectivity index (χ1) is 15.2. The minimum absolute atomic E-state index is 0.220. The summed E-state index contributed by atoms with van der Waals surface area (Å²) in [5.41, 5.74) is 3.22. The molecule has 31 heavy (non-hydrogen) atoms. The van der Waals surface area contributed by atoms with Crippen LogP contribution >= 0.6 is 0 Å². The van der Waals surface area contributed by atoms with Crippen LogP contribution in [0.15, 0.2) is 83.4 Å². The van der Waals surface area contributed by atoms with Crippen molar-refractivity contribution in [2.75, 3.05) is 6.54 Å². The average molecular weight is 415 g/mol. The van der Waals surface area contributed by atoms with E-state index in [0.717, 1.165) is 30.0 Å². The van der Waals surface area contributed by atoms with Crippen LogP contribution in [-0.2, 0) is 13.0 Å². The van der Waals surface area contributed by atoms with E-state index in [0.29, 0.717) is 18.1 Å². The van der Waals surface area contributed by atoms with Crippen molar-refractivity contribution in [2.24, 2.45) is 0 Å². The largest absolute Gasteiger partial charge is 0.486 e. The van der Waals surface area contributed by atoms with Crippen LogP contribution in [0.25, 0.3) is 5.69 Å². The summed E-state index contributed by atoms with van der Waals surface area (Å²) in [6.07, 6.45) is 3.71. The molecule has 0 unspecified atom stereocenters. The van der Waals surface area contributed by atoms with E-state index in [1.54, 1.807) is 12.1 Å². The number of benzene rings is 2. The number of aromatic nitrogens is 2. The number of furan rings is 1. The Morgan fingerprint density at radius 3 is 2.55 bits per heavy atom. The number of nitrogens with one attached hydrogen (secondary N) is 1. The van der Waals surface area contributed by atoms with Crippen LogP contribution in [0.1, 0.15) is 34.0 Å². The number of ether oxygens (including phenoxy) is 1. The second-order valence-corrected chi connectivity index (χ2v) is 7.25. The van der Waals surface area contributed by atoms with Gasteiger partial charge in [0.15, 0.2) is 5.76 Å². The number of hydrogen-bond acceptors (Lipinski definition) is 4. The normalized spacial score (nSPS) is 10.7. The molecule has 0 spiro atoms. The molecule has 2 aromatic heterocycles. The first-order valence-corrected chi connectivity index (χ1v) is 10.3. The van der Waals surface area contributed by atoms with E-state index < -0.39 is 0 Å². The second kappa shape index (κ2) is 9.80. The van der Waals surface area contributed by atoms with E-state index in [-0.39, 0.29) is 12.5 Å². The summed E-state index contributed by atoms with van der Waals surface area (Å²) in [6, 6.07) is 23.0. The lowest BCUT2D eigenvalue weighted by Crippen LogP contribution is -2.24. The van der Waals surface area contributed by atoms with Crippen molar-refractivity contribution in [3.8, 4) is 11.4 Å². The third-order valence-electron chi connectivity index (χ3n) is 4.94. The van der Waals surface area contributed by atoms with Crippen molar-refractivity contribution >= 4 is 5.91 Å². The molecular formula is C25H25N3O3. The Balaban J connectivity index is 1.23. The molecule has 0 saturated carbocycles. The molecule has 6 heteroatoms. The Morgan fingerprint density at radius 2 is 1.77 bits per heavy atom. The minimum atomic E-state index is -0.220. The molecule has 4 rings (SSSR count). The Morgan fingerprint density at radius 1 is 1.03 bits per heavy atom. The molecule has 0 aliphatic carbocycles. The van der Waals surface area contributed by atoms with Crippen LogP contribution in [-0.4, -0.2) is 22.2 Å². The van der Waals surface area contributed by atoms with Gasteiger partial charge in [-0.05, 0) is 61.7 Å². The number of hydrogen-bond donors (Lipinski definition) is 1.